The number of carbonyl (C=O) groups is 1. The molecule has 0 spiro atoms. The zero-order valence-electron chi connectivity index (χ0n) is 10.0. The Morgan fingerprint density at radius 2 is 1.56 bits per heavy atom. The van der Waals surface area contributed by atoms with E-state index in [-0.39, 0.29) is 5.92 Å². The van der Waals surface area contributed by atoms with E-state index in [1.807, 2.05) is 0 Å². The Kier molecular flexibility index (Phi) is 4.22. The average Bonchev–Trinajstić information content (AvgIpc) is 2.55. The average molecular weight is 225 g/mol. The largest absolute Gasteiger partial charge is 0.481 e. The Labute approximate surface area is 97.8 Å². The lowest BCUT2D eigenvalue weighted by atomic mass is 9.92. The van der Waals surface area contributed by atoms with E-state index in [0.717, 1.165) is 32.4 Å². The van der Waals surface area contributed by atoms with Gasteiger partial charge in [0.1, 0.15) is 0 Å². The van der Waals surface area contributed by atoms with E-state index >= 15 is 0 Å². The molecule has 0 bridgehead atoms. The second-order valence-corrected chi connectivity index (χ2v) is 5.25. The summed E-state index contributed by atoms with van der Waals surface area (Å²) in [7, 11) is 0. The molecule has 1 N–H and O–H groups in total. The molecule has 3 nitrogen and oxygen atoms in total. The van der Waals surface area contributed by atoms with E-state index in [1.54, 1.807) is 0 Å². The lowest BCUT2D eigenvalue weighted by Gasteiger charge is -2.37. The van der Waals surface area contributed by atoms with Crippen LogP contribution in [0.3, 0.4) is 0 Å². The Bertz CT molecular complexity index is 236. The fourth-order valence-electron chi connectivity index (χ4n) is 3.26. The number of carboxylic acid groups (broad SMARTS) is 1. The van der Waals surface area contributed by atoms with Crippen LogP contribution in [0.5, 0.6) is 0 Å². The summed E-state index contributed by atoms with van der Waals surface area (Å²) in [5, 5.41) is 9.34. The molecule has 0 aromatic carbocycles. The fraction of sp³-hybridized carbons (Fsp3) is 0.923. The molecule has 3 heteroatoms. The Morgan fingerprint density at radius 1 is 0.938 bits per heavy atom. The standard InChI is InChI=1S/C13H23NO2/c15-13(16)11-7-3-1-4-8-12(11)14-9-5-2-6-10-14/h11-12H,1-10H2,(H,15,16). The van der Waals surface area contributed by atoms with E-state index in [1.165, 1.54) is 32.1 Å². The van der Waals surface area contributed by atoms with E-state index in [4.69, 9.17) is 0 Å². The zero-order chi connectivity index (χ0) is 11.4. The van der Waals surface area contributed by atoms with Crippen molar-refractivity contribution in [3.63, 3.8) is 0 Å². The molecular weight excluding hydrogens is 202 g/mol. The van der Waals surface area contributed by atoms with Crippen LogP contribution in [0.25, 0.3) is 0 Å². The summed E-state index contributed by atoms with van der Waals surface area (Å²) < 4.78 is 0. The van der Waals surface area contributed by atoms with Gasteiger partial charge in [-0.25, -0.2) is 0 Å². The summed E-state index contributed by atoms with van der Waals surface area (Å²) in [6, 6.07) is 0.320. The van der Waals surface area contributed by atoms with Gasteiger partial charge in [-0.3, -0.25) is 9.69 Å². The van der Waals surface area contributed by atoms with Crippen LogP contribution in [-0.2, 0) is 4.79 Å². The summed E-state index contributed by atoms with van der Waals surface area (Å²) in [5.74, 6) is -0.682. The Balaban J connectivity index is 2.03. The molecule has 1 aliphatic heterocycles. The summed E-state index contributed by atoms with van der Waals surface area (Å²) in [6.45, 7) is 2.24. The lowest BCUT2D eigenvalue weighted by Crippen LogP contribution is -2.45. The minimum absolute atomic E-state index is 0.111. The van der Waals surface area contributed by atoms with E-state index in [2.05, 4.69) is 4.90 Å². The molecule has 1 heterocycles. The van der Waals surface area contributed by atoms with E-state index in [9.17, 15) is 9.90 Å². The highest BCUT2D eigenvalue weighted by atomic mass is 16.4. The molecule has 16 heavy (non-hydrogen) atoms. The van der Waals surface area contributed by atoms with Crippen LogP contribution in [0.15, 0.2) is 0 Å². The highest BCUT2D eigenvalue weighted by Gasteiger charge is 2.33. The lowest BCUT2D eigenvalue weighted by molar-refractivity contribution is -0.144. The molecule has 1 saturated heterocycles. The van der Waals surface area contributed by atoms with Crippen LogP contribution in [-0.4, -0.2) is 35.1 Å². The predicted molar refractivity (Wildman–Crippen MR) is 63.4 cm³/mol. The third-order valence-corrected chi connectivity index (χ3v) is 4.16. The Hall–Kier alpha value is -0.570. The van der Waals surface area contributed by atoms with Gasteiger partial charge in [0, 0.05) is 6.04 Å². The maximum absolute atomic E-state index is 11.3. The third kappa shape index (κ3) is 2.76. The van der Waals surface area contributed by atoms with E-state index in [0.29, 0.717) is 6.04 Å². The summed E-state index contributed by atoms with van der Waals surface area (Å²) in [6.07, 6.45) is 9.33. The number of rotatable bonds is 2. The van der Waals surface area contributed by atoms with Crippen molar-refractivity contribution in [3.05, 3.63) is 0 Å². The molecule has 0 aromatic rings. The van der Waals surface area contributed by atoms with Crippen molar-refractivity contribution in [2.24, 2.45) is 5.92 Å². The SMILES string of the molecule is O=C(O)C1CCCCCC1N1CCCCC1. The minimum Gasteiger partial charge on any atom is -0.481 e. The maximum atomic E-state index is 11.3. The first kappa shape index (κ1) is 11.9. The molecule has 2 unspecified atom stereocenters. The predicted octanol–water partition coefficient (Wildman–Crippen LogP) is 2.51. The highest BCUT2D eigenvalue weighted by molar-refractivity contribution is 5.70. The molecule has 2 rings (SSSR count). The van der Waals surface area contributed by atoms with Crippen molar-refractivity contribution in [3.8, 4) is 0 Å². The first-order valence-electron chi connectivity index (χ1n) is 6.76. The van der Waals surface area contributed by atoms with Crippen molar-refractivity contribution in [2.75, 3.05) is 13.1 Å². The van der Waals surface area contributed by atoms with Crippen LogP contribution in [0, 0.1) is 5.92 Å². The Morgan fingerprint density at radius 3 is 2.25 bits per heavy atom. The van der Waals surface area contributed by atoms with Gasteiger partial charge in [0.05, 0.1) is 5.92 Å². The molecule has 2 atom stereocenters. The summed E-state index contributed by atoms with van der Waals surface area (Å²) in [4.78, 5) is 13.8. The van der Waals surface area contributed by atoms with E-state index < -0.39 is 5.97 Å². The van der Waals surface area contributed by atoms with Gasteiger partial charge in [0.2, 0.25) is 0 Å². The fourth-order valence-corrected chi connectivity index (χ4v) is 3.26. The van der Waals surface area contributed by atoms with Crippen LogP contribution in [0.2, 0.25) is 0 Å². The summed E-state index contributed by atoms with van der Waals surface area (Å²) >= 11 is 0. The number of nitrogens with zero attached hydrogens (tertiary/aromatic N) is 1. The maximum Gasteiger partial charge on any atom is 0.308 e. The van der Waals surface area contributed by atoms with Gasteiger partial charge in [0.15, 0.2) is 0 Å². The monoisotopic (exact) mass is 225 g/mol. The van der Waals surface area contributed by atoms with Crippen molar-refractivity contribution in [1.82, 2.24) is 4.90 Å². The van der Waals surface area contributed by atoms with Gasteiger partial charge >= 0.3 is 5.97 Å². The number of hydrogen-bond acceptors (Lipinski definition) is 2. The molecule has 1 saturated carbocycles. The van der Waals surface area contributed by atoms with Crippen molar-refractivity contribution < 1.29 is 9.90 Å². The zero-order valence-corrected chi connectivity index (χ0v) is 10.0. The highest BCUT2D eigenvalue weighted by Crippen LogP contribution is 2.29. The van der Waals surface area contributed by atoms with Gasteiger partial charge < -0.3 is 5.11 Å². The number of hydrogen-bond donors (Lipinski definition) is 1. The van der Waals surface area contributed by atoms with Gasteiger partial charge in [-0.15, -0.1) is 0 Å². The molecule has 1 aliphatic carbocycles. The molecule has 0 amide bonds. The normalized spacial score (nSPS) is 33.2. The molecule has 0 aromatic heterocycles. The van der Waals surface area contributed by atoms with Crippen molar-refractivity contribution >= 4 is 5.97 Å². The first-order valence-corrected chi connectivity index (χ1v) is 6.76. The minimum atomic E-state index is -0.572. The smallest absolute Gasteiger partial charge is 0.308 e. The second kappa shape index (κ2) is 5.67. The second-order valence-electron chi connectivity index (χ2n) is 5.25. The first-order chi connectivity index (χ1) is 7.79. The molecule has 92 valence electrons. The number of piperidine rings is 1. The quantitative estimate of drug-likeness (QED) is 0.734. The molecule has 0 radical (unpaired) electrons. The van der Waals surface area contributed by atoms with Crippen LogP contribution >= 0.6 is 0 Å². The molecule has 2 fully saturated rings. The van der Waals surface area contributed by atoms with Gasteiger partial charge in [-0.2, -0.15) is 0 Å². The van der Waals surface area contributed by atoms with Gasteiger partial charge in [0.25, 0.3) is 0 Å². The molecular formula is C13H23NO2. The third-order valence-electron chi connectivity index (χ3n) is 4.16. The topological polar surface area (TPSA) is 40.5 Å². The number of likely N-dealkylation sites (tertiary alicyclic amines) is 1. The van der Waals surface area contributed by atoms with Gasteiger partial charge in [-0.1, -0.05) is 25.7 Å². The van der Waals surface area contributed by atoms with Crippen LogP contribution in [0.4, 0.5) is 0 Å². The van der Waals surface area contributed by atoms with Crippen molar-refractivity contribution in [1.29, 1.82) is 0 Å². The van der Waals surface area contributed by atoms with Crippen molar-refractivity contribution in [2.45, 2.75) is 57.4 Å². The molecule has 2 aliphatic rings. The number of aliphatic carboxylic acids is 1. The van der Waals surface area contributed by atoms with Crippen LogP contribution in [0.1, 0.15) is 51.4 Å². The van der Waals surface area contributed by atoms with Crippen LogP contribution < -0.4 is 0 Å². The summed E-state index contributed by atoms with van der Waals surface area (Å²) in [5.41, 5.74) is 0. The van der Waals surface area contributed by atoms with Gasteiger partial charge in [-0.05, 0) is 38.8 Å². The number of carboxylic acids is 1.